The van der Waals surface area contributed by atoms with Crippen LogP contribution in [0.3, 0.4) is 0 Å². The summed E-state index contributed by atoms with van der Waals surface area (Å²) in [7, 11) is 0. The number of carbonyl (C=O) groups excluding carboxylic acids is 1. The van der Waals surface area contributed by atoms with Crippen LogP contribution in [-0.2, 0) is 16.1 Å². The minimum absolute atomic E-state index is 0.132. The Morgan fingerprint density at radius 1 is 1.21 bits per heavy atom. The van der Waals surface area contributed by atoms with E-state index in [9.17, 15) is 14.7 Å². The molecule has 134 valence electrons. The van der Waals surface area contributed by atoms with Crippen molar-refractivity contribution in [3.63, 3.8) is 0 Å². The summed E-state index contributed by atoms with van der Waals surface area (Å²) in [4.78, 5) is 25.4. The maximum absolute atomic E-state index is 11.9. The molecule has 24 heavy (non-hydrogen) atoms. The molecule has 1 aromatic carbocycles. The molecule has 0 aliphatic heterocycles. The van der Waals surface area contributed by atoms with Crippen LogP contribution in [0.5, 0.6) is 0 Å². The fraction of sp³-hybridized carbons (Fsp3) is 0.556. The van der Waals surface area contributed by atoms with Gasteiger partial charge in [0.1, 0.15) is 11.6 Å². The Bertz CT molecular complexity index is 538. The number of alkyl carbamates (subject to hydrolysis) is 1. The average molecular weight is 336 g/mol. The minimum Gasteiger partial charge on any atom is -0.480 e. The Kier molecular flexibility index (Phi) is 7.22. The van der Waals surface area contributed by atoms with Crippen molar-refractivity contribution < 1.29 is 19.4 Å². The van der Waals surface area contributed by atoms with E-state index in [0.29, 0.717) is 6.54 Å². The van der Waals surface area contributed by atoms with E-state index in [4.69, 9.17) is 4.74 Å². The summed E-state index contributed by atoms with van der Waals surface area (Å²) in [5, 5.41) is 11.9. The van der Waals surface area contributed by atoms with E-state index in [1.165, 1.54) is 0 Å². The number of hydrogen-bond acceptors (Lipinski definition) is 4. The van der Waals surface area contributed by atoms with E-state index in [2.05, 4.69) is 5.32 Å². The van der Waals surface area contributed by atoms with E-state index in [-0.39, 0.29) is 12.6 Å². The first-order chi connectivity index (χ1) is 11.1. The molecule has 0 bridgehead atoms. The molecule has 0 saturated carbocycles. The van der Waals surface area contributed by atoms with Crippen molar-refractivity contribution in [3.8, 4) is 0 Å². The number of aliphatic carboxylic acids is 1. The van der Waals surface area contributed by atoms with Crippen molar-refractivity contribution in [2.24, 2.45) is 0 Å². The van der Waals surface area contributed by atoms with Crippen molar-refractivity contribution >= 4 is 12.1 Å². The maximum Gasteiger partial charge on any atom is 0.408 e. The number of hydrogen-bond donors (Lipinski definition) is 2. The van der Waals surface area contributed by atoms with E-state index >= 15 is 0 Å². The molecule has 1 amide bonds. The molecule has 0 saturated heterocycles. The molecule has 1 atom stereocenters. The molecule has 0 heterocycles. The van der Waals surface area contributed by atoms with Gasteiger partial charge in [0.2, 0.25) is 0 Å². The molecule has 0 aliphatic rings. The van der Waals surface area contributed by atoms with Crippen LogP contribution < -0.4 is 5.32 Å². The highest BCUT2D eigenvalue weighted by molar-refractivity contribution is 5.80. The average Bonchev–Trinajstić information content (AvgIpc) is 2.44. The lowest BCUT2D eigenvalue weighted by molar-refractivity contribution is -0.140. The molecular weight excluding hydrogens is 308 g/mol. The van der Waals surface area contributed by atoms with Crippen molar-refractivity contribution in [3.05, 3.63) is 35.9 Å². The summed E-state index contributed by atoms with van der Waals surface area (Å²) < 4.78 is 5.15. The van der Waals surface area contributed by atoms with E-state index in [1.54, 1.807) is 20.8 Å². The predicted molar refractivity (Wildman–Crippen MR) is 92.8 cm³/mol. The quantitative estimate of drug-likeness (QED) is 0.800. The van der Waals surface area contributed by atoms with Crippen LogP contribution in [0.15, 0.2) is 30.3 Å². The standard InChI is InChI=1S/C18H28N2O4/c1-13(2)20(11-14-9-7-6-8-10-14)12-15(16(21)22)19-17(23)24-18(3,4)5/h6-10,13,15H,11-12H2,1-5H3,(H,19,23)(H,21,22)/t15-/m0/s1. The first-order valence-electron chi connectivity index (χ1n) is 8.09. The minimum atomic E-state index is -1.08. The van der Waals surface area contributed by atoms with Gasteiger partial charge in [-0.15, -0.1) is 0 Å². The Labute approximate surface area is 143 Å². The predicted octanol–water partition coefficient (Wildman–Crippen LogP) is 2.87. The smallest absolute Gasteiger partial charge is 0.408 e. The lowest BCUT2D eigenvalue weighted by Gasteiger charge is -2.30. The topological polar surface area (TPSA) is 78.9 Å². The van der Waals surface area contributed by atoms with Gasteiger partial charge in [0.05, 0.1) is 0 Å². The maximum atomic E-state index is 11.9. The molecule has 1 rings (SSSR count). The number of nitrogens with zero attached hydrogens (tertiary/aromatic N) is 1. The van der Waals surface area contributed by atoms with Crippen molar-refractivity contribution in [1.29, 1.82) is 0 Å². The molecule has 0 aromatic heterocycles. The number of rotatable bonds is 7. The highest BCUT2D eigenvalue weighted by Crippen LogP contribution is 2.10. The summed E-state index contributed by atoms with van der Waals surface area (Å²) in [5.41, 5.74) is 0.419. The molecule has 0 radical (unpaired) electrons. The van der Waals surface area contributed by atoms with Gasteiger partial charge in [-0.2, -0.15) is 0 Å². The van der Waals surface area contributed by atoms with E-state index in [1.807, 2.05) is 49.1 Å². The van der Waals surface area contributed by atoms with Crippen LogP contribution in [0.25, 0.3) is 0 Å². The van der Waals surface area contributed by atoms with Gasteiger partial charge < -0.3 is 15.2 Å². The van der Waals surface area contributed by atoms with Crippen molar-refractivity contribution in [2.45, 2.75) is 58.8 Å². The second kappa shape index (κ2) is 8.68. The first-order valence-corrected chi connectivity index (χ1v) is 8.09. The number of carboxylic acid groups (broad SMARTS) is 1. The third-order valence-corrected chi connectivity index (χ3v) is 3.36. The van der Waals surface area contributed by atoms with Gasteiger partial charge in [-0.3, -0.25) is 4.90 Å². The molecule has 2 N–H and O–H groups in total. The zero-order valence-corrected chi connectivity index (χ0v) is 15.1. The number of ether oxygens (including phenoxy) is 1. The summed E-state index contributed by atoms with van der Waals surface area (Å²) in [5.74, 6) is -1.08. The molecule has 6 nitrogen and oxygen atoms in total. The van der Waals surface area contributed by atoms with Gasteiger partial charge in [0.25, 0.3) is 0 Å². The van der Waals surface area contributed by atoms with E-state index < -0.39 is 23.7 Å². The van der Waals surface area contributed by atoms with Gasteiger partial charge in [0, 0.05) is 19.1 Å². The lowest BCUT2D eigenvalue weighted by atomic mass is 10.1. The number of nitrogens with one attached hydrogen (secondary N) is 1. The number of benzene rings is 1. The molecule has 6 heteroatoms. The van der Waals surface area contributed by atoms with Crippen LogP contribution >= 0.6 is 0 Å². The van der Waals surface area contributed by atoms with Gasteiger partial charge in [-0.05, 0) is 40.2 Å². The van der Waals surface area contributed by atoms with Gasteiger partial charge in [-0.25, -0.2) is 9.59 Å². The zero-order chi connectivity index (χ0) is 18.3. The largest absolute Gasteiger partial charge is 0.480 e. The van der Waals surface area contributed by atoms with Crippen LogP contribution in [0, 0.1) is 0 Å². The van der Waals surface area contributed by atoms with Crippen LogP contribution in [0.1, 0.15) is 40.2 Å². The summed E-state index contributed by atoms with van der Waals surface area (Å²) in [6, 6.07) is 8.91. The molecule has 0 aliphatic carbocycles. The fourth-order valence-corrected chi connectivity index (χ4v) is 2.15. The van der Waals surface area contributed by atoms with Gasteiger partial charge in [-0.1, -0.05) is 30.3 Å². The lowest BCUT2D eigenvalue weighted by Crippen LogP contribution is -2.50. The van der Waals surface area contributed by atoms with Crippen molar-refractivity contribution in [1.82, 2.24) is 10.2 Å². The summed E-state index contributed by atoms with van der Waals surface area (Å²) in [6.07, 6.45) is -0.724. The highest BCUT2D eigenvalue weighted by Gasteiger charge is 2.27. The molecule has 0 spiro atoms. The van der Waals surface area contributed by atoms with E-state index in [0.717, 1.165) is 5.56 Å². The fourth-order valence-electron chi connectivity index (χ4n) is 2.15. The summed E-state index contributed by atoms with van der Waals surface area (Å²) >= 11 is 0. The first kappa shape index (κ1) is 20.0. The van der Waals surface area contributed by atoms with Gasteiger partial charge >= 0.3 is 12.1 Å². The van der Waals surface area contributed by atoms with Crippen LogP contribution in [-0.4, -0.2) is 46.3 Å². The highest BCUT2D eigenvalue weighted by atomic mass is 16.6. The third-order valence-electron chi connectivity index (χ3n) is 3.36. The SMILES string of the molecule is CC(C)N(Cc1ccccc1)C[C@H](NC(=O)OC(C)(C)C)C(=O)O. The number of carbonyl (C=O) groups is 2. The summed E-state index contributed by atoms with van der Waals surface area (Å²) in [6.45, 7) is 10.00. The zero-order valence-electron chi connectivity index (χ0n) is 15.1. The van der Waals surface area contributed by atoms with Gasteiger partial charge in [0.15, 0.2) is 0 Å². The Hall–Kier alpha value is -2.08. The Morgan fingerprint density at radius 3 is 2.25 bits per heavy atom. The molecule has 1 aromatic rings. The molecular formula is C18H28N2O4. The monoisotopic (exact) mass is 336 g/mol. The molecule has 0 unspecified atom stereocenters. The Balaban J connectivity index is 2.76. The van der Waals surface area contributed by atoms with Crippen molar-refractivity contribution in [2.75, 3.05) is 6.54 Å². The molecule has 0 fully saturated rings. The van der Waals surface area contributed by atoms with Crippen LogP contribution in [0.2, 0.25) is 0 Å². The normalized spacial score (nSPS) is 13.0. The number of amides is 1. The second-order valence-electron chi connectivity index (χ2n) is 7.05. The van der Waals surface area contributed by atoms with Crippen LogP contribution in [0.4, 0.5) is 4.79 Å². The third kappa shape index (κ3) is 7.46. The Morgan fingerprint density at radius 2 is 1.79 bits per heavy atom. The second-order valence-corrected chi connectivity index (χ2v) is 7.05. The number of carboxylic acids is 1.